The van der Waals surface area contributed by atoms with Crippen molar-refractivity contribution in [1.82, 2.24) is 27.9 Å². The number of aryl methyl sites for hydroxylation is 3. The molecular formula is C51H64BrN7O7S. The Balaban J connectivity index is 1.21. The summed E-state index contributed by atoms with van der Waals surface area (Å²) in [7, 11) is 7.32. The van der Waals surface area contributed by atoms with E-state index in [-0.39, 0.29) is 13.2 Å². The molecule has 0 aliphatic carbocycles. The zero-order valence-corrected chi connectivity index (χ0v) is 42.5. The number of rotatable bonds is 19. The zero-order chi connectivity index (χ0) is 47.8. The smallest absolute Gasteiger partial charge is 0.410 e. The third-order valence-electron chi connectivity index (χ3n) is 11.8. The number of carbonyl (C=O) groups excluding carboxylic acids is 2. The van der Waals surface area contributed by atoms with Gasteiger partial charge in [0.05, 0.1) is 43.2 Å². The van der Waals surface area contributed by atoms with Crippen LogP contribution < -0.4 is 14.4 Å². The second-order valence-electron chi connectivity index (χ2n) is 17.9. The van der Waals surface area contributed by atoms with Crippen LogP contribution in [0.5, 0.6) is 11.5 Å². The number of nitrogens with zero attached hydrogens (tertiary/aromatic N) is 7. The number of carbonyl (C=O) groups is 2. The molecule has 0 radical (unpaired) electrons. The monoisotopic (exact) mass is 997 g/mol. The van der Waals surface area contributed by atoms with Crippen LogP contribution in [0.25, 0.3) is 32.8 Å². The number of alkyl halides is 1. The van der Waals surface area contributed by atoms with Gasteiger partial charge in [0.15, 0.2) is 0 Å². The van der Waals surface area contributed by atoms with Crippen LogP contribution in [0.4, 0.5) is 10.5 Å². The molecule has 16 heteroatoms. The van der Waals surface area contributed by atoms with E-state index in [1.807, 2.05) is 100 Å². The number of para-hydroxylation sites is 1. The molecule has 1 saturated heterocycles. The molecular weight excluding hydrogens is 935 g/mol. The lowest BCUT2D eigenvalue weighted by molar-refractivity contribution is 0.0294. The highest BCUT2D eigenvalue weighted by molar-refractivity contribution is 9.08. The van der Waals surface area contributed by atoms with Crippen LogP contribution in [0, 0.1) is 0 Å². The number of esters is 1. The highest BCUT2D eigenvalue weighted by atomic mass is 79.9. The fourth-order valence-electron chi connectivity index (χ4n) is 8.67. The van der Waals surface area contributed by atoms with Crippen LogP contribution >= 0.6 is 15.9 Å². The summed E-state index contributed by atoms with van der Waals surface area (Å²) in [6.07, 6.45) is 1.33. The first kappa shape index (κ1) is 49.6. The lowest BCUT2D eigenvalue weighted by atomic mass is 9.98. The van der Waals surface area contributed by atoms with Crippen molar-refractivity contribution in [3.05, 3.63) is 108 Å². The number of hydrogen-bond donors (Lipinski definition) is 0. The van der Waals surface area contributed by atoms with Crippen molar-refractivity contribution < 1.29 is 33.1 Å². The van der Waals surface area contributed by atoms with Gasteiger partial charge in [-0.05, 0) is 88.2 Å². The van der Waals surface area contributed by atoms with Crippen molar-refractivity contribution in [2.24, 2.45) is 7.05 Å². The summed E-state index contributed by atoms with van der Waals surface area (Å²) in [4.78, 5) is 31.2. The number of amides is 1. The Labute approximate surface area is 406 Å². The van der Waals surface area contributed by atoms with Crippen molar-refractivity contribution in [3.63, 3.8) is 0 Å². The van der Waals surface area contributed by atoms with E-state index in [4.69, 9.17) is 24.0 Å². The summed E-state index contributed by atoms with van der Waals surface area (Å²) in [6, 6.07) is 28.6. The van der Waals surface area contributed by atoms with E-state index >= 15 is 0 Å². The molecule has 1 aliphatic heterocycles. The number of anilines is 1. The number of fused-ring (bicyclic) bond motifs is 2. The Kier molecular flexibility index (Phi) is 16.5. The van der Waals surface area contributed by atoms with Gasteiger partial charge in [-0.15, -0.1) is 8.61 Å². The molecule has 2 aromatic heterocycles. The van der Waals surface area contributed by atoms with Crippen molar-refractivity contribution >= 4 is 66.9 Å². The van der Waals surface area contributed by atoms with Crippen molar-refractivity contribution in [3.8, 4) is 22.6 Å². The Morgan fingerprint density at radius 3 is 2.28 bits per heavy atom. The Morgan fingerprint density at radius 1 is 0.881 bits per heavy atom. The third-order valence-corrected chi connectivity index (χ3v) is 13.8. The minimum absolute atomic E-state index is 0.215. The summed E-state index contributed by atoms with van der Waals surface area (Å²) in [5.41, 5.74) is 6.24. The first-order valence-corrected chi connectivity index (χ1v) is 25.2. The van der Waals surface area contributed by atoms with Gasteiger partial charge in [0.25, 0.3) is 0 Å². The molecule has 1 atom stereocenters. The normalized spacial score (nSPS) is 13.9. The first-order valence-electron chi connectivity index (χ1n) is 23.0. The molecule has 1 fully saturated rings. The quantitative estimate of drug-likeness (QED) is 0.0333. The highest BCUT2D eigenvalue weighted by Crippen LogP contribution is 2.40. The SMILES string of the molecule is CCOC(=O)c1c(CCCOc2cccc3ccccc23)c2cccc(-c3c(CBr)nn(C)c3COc3ccc(N4CCN([S+]([O-])N(C)C)CC4)cc3)c2n1CCCN(C)C(=O)OC(C)(C)C. The van der Waals surface area contributed by atoms with Gasteiger partial charge in [0, 0.05) is 87.3 Å². The van der Waals surface area contributed by atoms with Gasteiger partial charge in [-0.3, -0.25) is 4.68 Å². The average Bonchev–Trinajstić information content (AvgIpc) is 3.81. The molecule has 0 N–H and O–H groups in total. The van der Waals surface area contributed by atoms with Gasteiger partial charge in [-0.25, -0.2) is 9.59 Å². The molecule has 14 nitrogen and oxygen atoms in total. The molecule has 7 rings (SSSR count). The molecule has 1 aliphatic rings. The Morgan fingerprint density at radius 2 is 1.58 bits per heavy atom. The maximum absolute atomic E-state index is 14.3. The third kappa shape index (κ3) is 11.7. The summed E-state index contributed by atoms with van der Waals surface area (Å²) < 4.78 is 44.7. The topological polar surface area (TPSA) is 130 Å². The van der Waals surface area contributed by atoms with Gasteiger partial charge in [0.1, 0.15) is 40.9 Å². The van der Waals surface area contributed by atoms with E-state index in [2.05, 4.69) is 67.9 Å². The number of piperazine rings is 1. The van der Waals surface area contributed by atoms with Gasteiger partial charge in [0.2, 0.25) is 0 Å². The second-order valence-corrected chi connectivity index (χ2v) is 20.1. The number of ether oxygens (including phenoxy) is 4. The van der Waals surface area contributed by atoms with Crippen molar-refractivity contribution in [2.45, 2.75) is 71.0 Å². The minimum atomic E-state index is -1.14. The maximum Gasteiger partial charge on any atom is 0.410 e. The number of benzene rings is 4. The van der Waals surface area contributed by atoms with E-state index in [9.17, 15) is 14.1 Å². The summed E-state index contributed by atoms with van der Waals surface area (Å²) in [5, 5.41) is 8.56. The predicted molar refractivity (Wildman–Crippen MR) is 270 cm³/mol. The standard InChI is InChI=1S/C51H64BrN7O7S/c1-9-63-49(60)48-41(21-14-33-64-45-22-12-17-36-16-10-11-18-39(36)45)40-19-13-20-42(47(40)59(48)28-15-27-55(7)50(61)66-51(2,3)4)46-43(34-52)53-56(8)44(46)35-65-38-25-23-37(24-26-38)57-29-31-58(32-30-57)67(62)54(5)6/h10-13,16-20,22-26H,9,14-15,21,27-35H2,1-8H3. The average molecular weight is 999 g/mol. The van der Waals surface area contributed by atoms with Crippen LogP contribution in [0.1, 0.15) is 68.0 Å². The Hall–Kier alpha value is -5.26. The first-order chi connectivity index (χ1) is 32.2. The summed E-state index contributed by atoms with van der Waals surface area (Å²) in [5.74, 6) is 1.14. The van der Waals surface area contributed by atoms with Crippen LogP contribution in [-0.2, 0) is 53.0 Å². The molecule has 0 saturated carbocycles. The zero-order valence-electron chi connectivity index (χ0n) is 40.0. The van der Waals surface area contributed by atoms with E-state index in [1.54, 1.807) is 16.3 Å². The van der Waals surface area contributed by atoms with E-state index in [1.165, 1.54) is 0 Å². The molecule has 1 amide bonds. The molecule has 358 valence electrons. The maximum atomic E-state index is 14.3. The predicted octanol–water partition coefficient (Wildman–Crippen LogP) is 9.38. The number of aromatic nitrogens is 3. The van der Waals surface area contributed by atoms with Gasteiger partial charge < -0.3 is 37.9 Å². The molecule has 0 spiro atoms. The van der Waals surface area contributed by atoms with Crippen LogP contribution in [-0.4, -0.2) is 117 Å². The van der Waals surface area contributed by atoms with Gasteiger partial charge in [-0.1, -0.05) is 70.5 Å². The molecule has 1 unspecified atom stereocenters. The molecule has 0 bridgehead atoms. The number of halogens is 1. The minimum Gasteiger partial charge on any atom is -0.578 e. The van der Waals surface area contributed by atoms with E-state index in [0.29, 0.717) is 63.1 Å². The van der Waals surface area contributed by atoms with Crippen LogP contribution in [0.2, 0.25) is 0 Å². The summed E-state index contributed by atoms with van der Waals surface area (Å²) in [6.45, 7) is 12.1. The fourth-order valence-corrected chi connectivity index (χ4v) is 10.00. The van der Waals surface area contributed by atoms with Crippen molar-refractivity contribution in [2.75, 3.05) is 72.0 Å². The van der Waals surface area contributed by atoms with Gasteiger partial charge >= 0.3 is 12.1 Å². The molecule has 3 heterocycles. The molecule has 6 aromatic rings. The van der Waals surface area contributed by atoms with Crippen LogP contribution in [0.3, 0.4) is 0 Å². The second kappa shape index (κ2) is 22.2. The largest absolute Gasteiger partial charge is 0.578 e. The van der Waals surface area contributed by atoms with Crippen molar-refractivity contribution in [1.29, 1.82) is 0 Å². The van der Waals surface area contributed by atoms with E-state index < -0.39 is 29.2 Å². The van der Waals surface area contributed by atoms with Crippen LogP contribution in [0.15, 0.2) is 84.9 Å². The highest BCUT2D eigenvalue weighted by Gasteiger charge is 2.30. The van der Waals surface area contributed by atoms with Gasteiger partial charge in [-0.2, -0.15) is 5.10 Å². The fraction of sp³-hybridized carbons (Fsp3) is 0.431. The Bertz CT molecular complexity index is 2630. The molecule has 4 aromatic carbocycles. The molecule has 67 heavy (non-hydrogen) atoms. The number of hydrogen-bond acceptors (Lipinski definition) is 11. The summed E-state index contributed by atoms with van der Waals surface area (Å²) >= 11 is 2.60. The lowest BCUT2D eigenvalue weighted by Gasteiger charge is -2.36. The van der Waals surface area contributed by atoms with E-state index in [0.717, 1.165) is 80.0 Å². The lowest BCUT2D eigenvalue weighted by Crippen LogP contribution is -2.51.